The molecule has 0 saturated carbocycles. The number of ether oxygens (including phenoxy) is 2. The monoisotopic (exact) mass is 354 g/mol. The predicted octanol–water partition coefficient (Wildman–Crippen LogP) is 2.07. The maximum absolute atomic E-state index is 12.4. The first-order valence-corrected chi connectivity index (χ1v) is 8.27. The summed E-state index contributed by atoms with van der Waals surface area (Å²) < 4.78 is 11.0. The molecule has 1 unspecified atom stereocenters. The topological polar surface area (TPSA) is 108 Å². The van der Waals surface area contributed by atoms with Crippen molar-refractivity contribution in [2.24, 2.45) is 0 Å². The van der Waals surface area contributed by atoms with Gasteiger partial charge in [0.05, 0.1) is 11.0 Å². The lowest BCUT2D eigenvalue weighted by atomic mass is 10.2. The van der Waals surface area contributed by atoms with Crippen molar-refractivity contribution in [2.75, 3.05) is 23.8 Å². The number of imidazole rings is 1. The summed E-state index contributed by atoms with van der Waals surface area (Å²) in [5, 5.41) is 5.97. The Labute approximate surface area is 148 Å². The van der Waals surface area contributed by atoms with Crippen LogP contribution in [-0.2, 0) is 4.79 Å². The van der Waals surface area contributed by atoms with Crippen molar-refractivity contribution in [1.82, 2.24) is 9.97 Å². The summed E-state index contributed by atoms with van der Waals surface area (Å²) in [4.78, 5) is 29.1. The predicted molar refractivity (Wildman–Crippen MR) is 98.1 cm³/mol. The van der Waals surface area contributed by atoms with Gasteiger partial charge >= 0.3 is 5.69 Å². The van der Waals surface area contributed by atoms with Gasteiger partial charge in [0.25, 0.3) is 0 Å². The highest BCUT2D eigenvalue weighted by Crippen LogP contribution is 2.32. The zero-order valence-electron chi connectivity index (χ0n) is 14.1. The fourth-order valence-corrected chi connectivity index (χ4v) is 2.81. The highest BCUT2D eigenvalue weighted by molar-refractivity contribution is 5.97. The lowest BCUT2D eigenvalue weighted by molar-refractivity contribution is -0.116. The second-order valence-electron chi connectivity index (χ2n) is 6.05. The van der Waals surface area contributed by atoms with Crippen molar-refractivity contribution in [3.63, 3.8) is 0 Å². The van der Waals surface area contributed by atoms with Crippen LogP contribution >= 0.6 is 0 Å². The van der Waals surface area contributed by atoms with E-state index in [4.69, 9.17) is 9.47 Å². The van der Waals surface area contributed by atoms with Crippen LogP contribution in [-0.4, -0.2) is 35.1 Å². The number of H-pyrrole nitrogens is 2. The van der Waals surface area contributed by atoms with E-state index in [1.54, 1.807) is 25.1 Å². The molecule has 8 heteroatoms. The van der Waals surface area contributed by atoms with Crippen LogP contribution in [0.4, 0.5) is 11.4 Å². The molecular formula is C18H18N4O4. The Morgan fingerprint density at radius 1 is 1.00 bits per heavy atom. The first-order valence-electron chi connectivity index (χ1n) is 8.27. The van der Waals surface area contributed by atoms with E-state index in [2.05, 4.69) is 20.6 Å². The molecule has 2 heterocycles. The first-order chi connectivity index (χ1) is 12.6. The quantitative estimate of drug-likeness (QED) is 0.574. The molecule has 0 bridgehead atoms. The molecule has 8 nitrogen and oxygen atoms in total. The second-order valence-corrected chi connectivity index (χ2v) is 6.05. The minimum Gasteiger partial charge on any atom is -0.486 e. The van der Waals surface area contributed by atoms with Gasteiger partial charge in [0, 0.05) is 17.4 Å². The van der Waals surface area contributed by atoms with E-state index in [1.165, 1.54) is 0 Å². The molecule has 1 aliphatic rings. The molecule has 0 fully saturated rings. The Morgan fingerprint density at radius 3 is 2.58 bits per heavy atom. The molecule has 1 aliphatic heterocycles. The number of hydrogen-bond acceptors (Lipinski definition) is 5. The van der Waals surface area contributed by atoms with Crippen LogP contribution in [0, 0.1) is 0 Å². The van der Waals surface area contributed by atoms with Gasteiger partial charge in [-0.25, -0.2) is 4.79 Å². The highest BCUT2D eigenvalue weighted by Gasteiger charge is 2.16. The number of aromatic amines is 2. The van der Waals surface area contributed by atoms with Gasteiger partial charge in [0.2, 0.25) is 5.91 Å². The number of rotatable bonds is 4. The summed E-state index contributed by atoms with van der Waals surface area (Å²) in [6.07, 6.45) is 0. The number of hydrogen-bond donors (Lipinski definition) is 4. The fraction of sp³-hybridized carbons (Fsp3) is 0.222. The van der Waals surface area contributed by atoms with E-state index < -0.39 is 6.04 Å². The van der Waals surface area contributed by atoms with E-state index in [-0.39, 0.29) is 11.6 Å². The molecule has 1 atom stereocenters. The molecule has 0 radical (unpaired) electrons. The number of anilines is 2. The van der Waals surface area contributed by atoms with Crippen molar-refractivity contribution < 1.29 is 14.3 Å². The van der Waals surface area contributed by atoms with Crippen LogP contribution in [0.2, 0.25) is 0 Å². The zero-order chi connectivity index (χ0) is 18.1. The van der Waals surface area contributed by atoms with Crippen LogP contribution < -0.4 is 25.8 Å². The SMILES string of the molecule is CC(Nc1ccc2c(c1)OCCO2)C(=O)Nc1ccc2[nH]c(=O)[nH]c2c1. The molecule has 134 valence electrons. The van der Waals surface area contributed by atoms with Crippen molar-refractivity contribution in [1.29, 1.82) is 0 Å². The highest BCUT2D eigenvalue weighted by atomic mass is 16.6. The van der Waals surface area contributed by atoms with Gasteiger partial charge in [0.1, 0.15) is 19.3 Å². The van der Waals surface area contributed by atoms with E-state index in [0.717, 1.165) is 5.69 Å². The van der Waals surface area contributed by atoms with Crippen LogP contribution in [0.15, 0.2) is 41.2 Å². The Kier molecular flexibility index (Phi) is 4.00. The maximum atomic E-state index is 12.4. The van der Waals surface area contributed by atoms with E-state index in [0.29, 0.717) is 41.4 Å². The van der Waals surface area contributed by atoms with Crippen LogP contribution in [0.3, 0.4) is 0 Å². The summed E-state index contributed by atoms with van der Waals surface area (Å²) in [6, 6.07) is 10.2. The van der Waals surface area contributed by atoms with Crippen molar-refractivity contribution in [3.05, 3.63) is 46.9 Å². The number of nitrogens with one attached hydrogen (secondary N) is 4. The van der Waals surface area contributed by atoms with Gasteiger partial charge in [-0.2, -0.15) is 0 Å². The summed E-state index contributed by atoms with van der Waals surface area (Å²) in [6.45, 7) is 2.81. The average molecular weight is 354 g/mol. The van der Waals surface area contributed by atoms with Gasteiger partial charge in [-0.1, -0.05) is 0 Å². The minimum atomic E-state index is -0.474. The molecule has 2 aromatic carbocycles. The summed E-state index contributed by atoms with van der Waals surface area (Å²) in [5.41, 5.74) is 2.42. The van der Waals surface area contributed by atoms with Crippen LogP contribution in [0.1, 0.15) is 6.92 Å². The molecule has 4 N–H and O–H groups in total. The third kappa shape index (κ3) is 3.21. The van der Waals surface area contributed by atoms with Crippen molar-refractivity contribution in [3.8, 4) is 11.5 Å². The van der Waals surface area contributed by atoms with E-state index in [1.807, 2.05) is 18.2 Å². The standard InChI is InChI=1S/C18H18N4O4/c1-10(19-12-3-5-15-16(9-12)26-7-6-25-15)17(23)20-11-2-4-13-14(8-11)22-18(24)21-13/h2-5,8-10,19H,6-7H2,1H3,(H,20,23)(H2,21,22,24). The fourth-order valence-electron chi connectivity index (χ4n) is 2.81. The van der Waals surface area contributed by atoms with Gasteiger partial charge in [-0.15, -0.1) is 0 Å². The molecule has 0 saturated heterocycles. The first kappa shape index (κ1) is 16.1. The lowest BCUT2D eigenvalue weighted by Crippen LogP contribution is -2.31. The van der Waals surface area contributed by atoms with Gasteiger partial charge in [-0.3, -0.25) is 4.79 Å². The van der Waals surface area contributed by atoms with E-state index >= 15 is 0 Å². The Balaban J connectivity index is 1.44. The lowest BCUT2D eigenvalue weighted by Gasteiger charge is -2.20. The zero-order valence-corrected chi connectivity index (χ0v) is 14.1. The number of aromatic nitrogens is 2. The molecule has 26 heavy (non-hydrogen) atoms. The second kappa shape index (κ2) is 6.47. The number of amides is 1. The average Bonchev–Trinajstić information content (AvgIpc) is 3.01. The third-order valence-corrected chi connectivity index (χ3v) is 4.10. The molecule has 1 amide bonds. The molecule has 1 aromatic heterocycles. The Hall–Kier alpha value is -3.42. The number of fused-ring (bicyclic) bond motifs is 2. The van der Waals surface area contributed by atoms with Crippen LogP contribution in [0.25, 0.3) is 11.0 Å². The number of benzene rings is 2. The Bertz CT molecular complexity index is 1020. The summed E-state index contributed by atoms with van der Waals surface area (Å²) in [5.74, 6) is 1.17. The molecule has 4 rings (SSSR count). The van der Waals surface area contributed by atoms with Gasteiger partial charge in [-0.05, 0) is 37.3 Å². The third-order valence-electron chi connectivity index (χ3n) is 4.10. The number of carbonyl (C=O) groups is 1. The normalized spacial score (nSPS) is 14.0. The minimum absolute atomic E-state index is 0.197. The molecule has 0 aliphatic carbocycles. The van der Waals surface area contributed by atoms with Crippen molar-refractivity contribution in [2.45, 2.75) is 13.0 Å². The van der Waals surface area contributed by atoms with Gasteiger partial charge in [0.15, 0.2) is 11.5 Å². The summed E-state index contributed by atoms with van der Waals surface area (Å²) >= 11 is 0. The van der Waals surface area contributed by atoms with Crippen molar-refractivity contribution >= 4 is 28.3 Å². The Morgan fingerprint density at radius 2 is 1.73 bits per heavy atom. The summed E-state index contributed by atoms with van der Waals surface area (Å²) in [7, 11) is 0. The molecule has 0 spiro atoms. The largest absolute Gasteiger partial charge is 0.486 e. The van der Waals surface area contributed by atoms with Crippen LogP contribution in [0.5, 0.6) is 11.5 Å². The smallest absolute Gasteiger partial charge is 0.323 e. The van der Waals surface area contributed by atoms with Gasteiger partial charge < -0.3 is 30.1 Å². The molecular weight excluding hydrogens is 336 g/mol. The molecule has 3 aromatic rings. The number of carbonyl (C=O) groups excluding carboxylic acids is 1. The van der Waals surface area contributed by atoms with E-state index in [9.17, 15) is 9.59 Å². The maximum Gasteiger partial charge on any atom is 0.323 e.